The maximum absolute atomic E-state index is 12.3. The number of aromatic nitrogens is 2. The number of carbonyl (C=O) groups excluding carboxylic acids is 1. The molecule has 124 valence electrons. The van der Waals surface area contributed by atoms with Crippen molar-refractivity contribution >= 4 is 17.2 Å². The summed E-state index contributed by atoms with van der Waals surface area (Å²) in [5.74, 6) is 1.04. The molecule has 3 rings (SSSR count). The van der Waals surface area contributed by atoms with Crippen molar-refractivity contribution in [1.82, 2.24) is 20.8 Å². The molecule has 0 fully saturated rings. The van der Waals surface area contributed by atoms with Gasteiger partial charge in [0.05, 0.1) is 11.4 Å². The van der Waals surface area contributed by atoms with Gasteiger partial charge in [-0.3, -0.25) is 4.79 Å². The Balaban J connectivity index is 1.55. The maximum Gasteiger partial charge on any atom is 0.261 e. The third kappa shape index (κ3) is 3.97. The SMILES string of the molecule is CNC(C)Cc1noc(CNC(=O)c2cc3c(s2)CCCC3)n1. The fraction of sp³-hybridized carbons (Fsp3) is 0.562. The minimum absolute atomic E-state index is 0.0623. The molecular formula is C16H22N4O2S. The van der Waals surface area contributed by atoms with Gasteiger partial charge >= 0.3 is 0 Å². The van der Waals surface area contributed by atoms with Gasteiger partial charge in [-0.15, -0.1) is 11.3 Å². The third-order valence-electron chi connectivity index (χ3n) is 4.11. The smallest absolute Gasteiger partial charge is 0.261 e. The number of carbonyl (C=O) groups is 1. The van der Waals surface area contributed by atoms with Gasteiger partial charge in [0.25, 0.3) is 5.91 Å². The van der Waals surface area contributed by atoms with E-state index in [1.807, 2.05) is 13.1 Å². The number of hydrogen-bond acceptors (Lipinski definition) is 6. The summed E-state index contributed by atoms with van der Waals surface area (Å²) < 4.78 is 5.18. The highest BCUT2D eigenvalue weighted by Gasteiger charge is 2.18. The van der Waals surface area contributed by atoms with Crippen molar-refractivity contribution in [2.24, 2.45) is 0 Å². The van der Waals surface area contributed by atoms with Crippen LogP contribution in [0.25, 0.3) is 0 Å². The van der Waals surface area contributed by atoms with E-state index in [0.29, 0.717) is 18.1 Å². The molecule has 23 heavy (non-hydrogen) atoms. The van der Waals surface area contributed by atoms with E-state index in [1.165, 1.54) is 23.3 Å². The lowest BCUT2D eigenvalue weighted by atomic mass is 9.99. The summed E-state index contributed by atoms with van der Waals surface area (Å²) in [5, 5.41) is 9.93. The first-order valence-electron chi connectivity index (χ1n) is 8.04. The predicted molar refractivity (Wildman–Crippen MR) is 88.7 cm³/mol. The topological polar surface area (TPSA) is 80.0 Å². The molecule has 0 spiro atoms. The van der Waals surface area contributed by atoms with Crippen LogP contribution in [0.1, 0.15) is 51.6 Å². The quantitative estimate of drug-likeness (QED) is 0.845. The highest BCUT2D eigenvalue weighted by atomic mass is 32.1. The first-order valence-corrected chi connectivity index (χ1v) is 8.86. The van der Waals surface area contributed by atoms with E-state index in [1.54, 1.807) is 11.3 Å². The Morgan fingerprint density at radius 2 is 2.26 bits per heavy atom. The molecule has 0 saturated carbocycles. The van der Waals surface area contributed by atoms with Gasteiger partial charge in [-0.25, -0.2) is 0 Å². The van der Waals surface area contributed by atoms with Gasteiger partial charge in [-0.1, -0.05) is 5.16 Å². The van der Waals surface area contributed by atoms with Crippen LogP contribution in [0.15, 0.2) is 10.6 Å². The van der Waals surface area contributed by atoms with Crippen molar-refractivity contribution < 1.29 is 9.32 Å². The van der Waals surface area contributed by atoms with Crippen LogP contribution in [-0.4, -0.2) is 29.1 Å². The summed E-state index contributed by atoms with van der Waals surface area (Å²) in [5.41, 5.74) is 1.34. The van der Waals surface area contributed by atoms with Gasteiger partial charge in [0.1, 0.15) is 0 Å². The molecule has 0 aliphatic heterocycles. The first kappa shape index (κ1) is 16.1. The molecule has 1 atom stereocenters. The first-order chi connectivity index (χ1) is 11.2. The van der Waals surface area contributed by atoms with Gasteiger partial charge < -0.3 is 15.2 Å². The Bertz CT molecular complexity index is 656. The predicted octanol–water partition coefficient (Wildman–Crippen LogP) is 2.09. The number of nitrogens with one attached hydrogen (secondary N) is 2. The lowest BCUT2D eigenvalue weighted by Crippen LogP contribution is -2.24. The summed E-state index contributed by atoms with van der Waals surface area (Å²) in [6.45, 7) is 2.32. The van der Waals surface area contributed by atoms with Gasteiger partial charge in [0, 0.05) is 17.3 Å². The zero-order valence-corrected chi connectivity index (χ0v) is 14.3. The van der Waals surface area contributed by atoms with E-state index in [0.717, 1.165) is 17.7 Å². The Morgan fingerprint density at radius 3 is 3.04 bits per heavy atom. The molecule has 0 radical (unpaired) electrons. The molecule has 7 heteroatoms. The van der Waals surface area contributed by atoms with Crippen molar-refractivity contribution in [3.8, 4) is 0 Å². The number of amides is 1. The molecule has 0 bridgehead atoms. The van der Waals surface area contributed by atoms with Crippen LogP contribution in [0, 0.1) is 0 Å². The van der Waals surface area contributed by atoms with E-state index >= 15 is 0 Å². The van der Waals surface area contributed by atoms with Crippen LogP contribution >= 0.6 is 11.3 Å². The Hall–Kier alpha value is -1.73. The monoisotopic (exact) mass is 334 g/mol. The number of nitrogens with zero attached hydrogens (tertiary/aromatic N) is 2. The summed E-state index contributed by atoms with van der Waals surface area (Å²) >= 11 is 1.61. The molecule has 1 amide bonds. The van der Waals surface area contributed by atoms with E-state index in [9.17, 15) is 4.79 Å². The second-order valence-electron chi connectivity index (χ2n) is 5.95. The van der Waals surface area contributed by atoms with Crippen molar-refractivity contribution in [2.75, 3.05) is 7.05 Å². The molecule has 1 aliphatic rings. The molecule has 1 unspecified atom stereocenters. The van der Waals surface area contributed by atoms with Gasteiger partial charge in [0.2, 0.25) is 5.89 Å². The number of hydrogen-bond donors (Lipinski definition) is 2. The highest BCUT2D eigenvalue weighted by Crippen LogP contribution is 2.29. The second-order valence-corrected chi connectivity index (χ2v) is 7.08. The van der Waals surface area contributed by atoms with Crippen LogP contribution in [0.5, 0.6) is 0 Å². The van der Waals surface area contributed by atoms with Gasteiger partial charge in [0.15, 0.2) is 5.82 Å². The number of fused-ring (bicyclic) bond motifs is 1. The van der Waals surface area contributed by atoms with Crippen molar-refractivity contribution in [2.45, 2.75) is 51.6 Å². The van der Waals surface area contributed by atoms with Gasteiger partial charge in [-0.2, -0.15) is 4.98 Å². The van der Waals surface area contributed by atoms with Crippen LogP contribution in [0.3, 0.4) is 0 Å². The second kappa shape index (κ2) is 7.23. The van der Waals surface area contributed by atoms with Crippen LogP contribution in [-0.2, 0) is 25.8 Å². The van der Waals surface area contributed by atoms with Crippen molar-refractivity contribution in [3.63, 3.8) is 0 Å². The van der Waals surface area contributed by atoms with E-state index in [4.69, 9.17) is 4.52 Å². The molecule has 2 N–H and O–H groups in total. The molecular weight excluding hydrogens is 312 g/mol. The Kier molecular flexibility index (Phi) is 5.07. The number of thiophene rings is 1. The van der Waals surface area contributed by atoms with Crippen LogP contribution in [0.2, 0.25) is 0 Å². The Labute approximate surface area is 139 Å². The lowest BCUT2D eigenvalue weighted by molar-refractivity contribution is 0.0950. The fourth-order valence-corrected chi connectivity index (χ4v) is 3.84. The normalized spacial score (nSPS) is 15.2. The highest BCUT2D eigenvalue weighted by molar-refractivity contribution is 7.14. The van der Waals surface area contributed by atoms with Crippen LogP contribution < -0.4 is 10.6 Å². The van der Waals surface area contributed by atoms with E-state index in [-0.39, 0.29) is 18.5 Å². The van der Waals surface area contributed by atoms with Gasteiger partial charge in [-0.05, 0) is 51.3 Å². The molecule has 0 aromatic carbocycles. The lowest BCUT2D eigenvalue weighted by Gasteiger charge is -2.08. The largest absolute Gasteiger partial charge is 0.342 e. The average Bonchev–Trinajstić information content (AvgIpc) is 3.18. The molecule has 1 aliphatic carbocycles. The zero-order valence-electron chi connectivity index (χ0n) is 13.5. The summed E-state index contributed by atoms with van der Waals surface area (Å²) in [6.07, 6.45) is 5.34. The third-order valence-corrected chi connectivity index (χ3v) is 5.35. The fourth-order valence-electron chi connectivity index (χ4n) is 2.67. The van der Waals surface area contributed by atoms with Crippen molar-refractivity contribution in [3.05, 3.63) is 33.1 Å². The summed E-state index contributed by atoms with van der Waals surface area (Å²) in [4.78, 5) is 18.7. The molecule has 2 aromatic rings. The average molecular weight is 334 g/mol. The minimum atomic E-state index is -0.0623. The zero-order chi connectivity index (χ0) is 16.2. The van der Waals surface area contributed by atoms with E-state index < -0.39 is 0 Å². The van der Waals surface area contributed by atoms with Crippen LogP contribution in [0.4, 0.5) is 0 Å². The summed E-state index contributed by atoms with van der Waals surface area (Å²) in [7, 11) is 1.90. The summed E-state index contributed by atoms with van der Waals surface area (Å²) in [6, 6.07) is 2.31. The standard InChI is InChI=1S/C16H22N4O2S/c1-10(17-2)7-14-19-15(22-20-14)9-18-16(21)13-8-11-5-3-4-6-12(11)23-13/h8,10,17H,3-7,9H2,1-2H3,(H,18,21). The minimum Gasteiger partial charge on any atom is -0.342 e. The molecule has 2 aromatic heterocycles. The van der Waals surface area contributed by atoms with E-state index in [2.05, 4.69) is 27.7 Å². The number of likely N-dealkylation sites (N-methyl/N-ethyl adjacent to an activating group) is 1. The van der Waals surface area contributed by atoms with Crippen molar-refractivity contribution in [1.29, 1.82) is 0 Å². The number of rotatable bonds is 6. The number of aryl methyl sites for hydroxylation is 2. The molecule has 6 nitrogen and oxygen atoms in total. The molecule has 0 saturated heterocycles. The molecule has 2 heterocycles. The maximum atomic E-state index is 12.3. The Morgan fingerprint density at radius 1 is 1.43 bits per heavy atom.